The van der Waals surface area contributed by atoms with Crippen molar-refractivity contribution in [3.05, 3.63) is 65.1 Å². The first-order chi connectivity index (χ1) is 14.5. The van der Waals surface area contributed by atoms with Crippen molar-refractivity contribution < 1.29 is 26.3 Å². The van der Waals surface area contributed by atoms with Gasteiger partial charge in [-0.05, 0) is 42.3 Å². The minimum absolute atomic E-state index is 0.00732. The van der Waals surface area contributed by atoms with Gasteiger partial charge < -0.3 is 4.74 Å². The summed E-state index contributed by atoms with van der Waals surface area (Å²) in [5.41, 5.74) is 0.158. The van der Waals surface area contributed by atoms with Gasteiger partial charge in [-0.25, -0.2) is 13.1 Å². The van der Waals surface area contributed by atoms with Crippen molar-refractivity contribution >= 4 is 9.84 Å². The molecular weight excluding hydrogens is 433 g/mol. The number of alkyl halides is 3. The van der Waals surface area contributed by atoms with Gasteiger partial charge in [-0.1, -0.05) is 24.3 Å². The summed E-state index contributed by atoms with van der Waals surface area (Å²) in [7, 11) is -3.43. The van der Waals surface area contributed by atoms with E-state index in [1.165, 1.54) is 30.5 Å². The Morgan fingerprint density at radius 3 is 2.32 bits per heavy atom. The molecule has 3 rings (SSSR count). The van der Waals surface area contributed by atoms with Gasteiger partial charge in [0.25, 0.3) is 5.56 Å². The van der Waals surface area contributed by atoms with Gasteiger partial charge in [-0.3, -0.25) is 4.79 Å². The zero-order chi connectivity index (χ0) is 22.8. The first-order valence-corrected chi connectivity index (χ1v) is 11.1. The first kappa shape index (κ1) is 22.5. The van der Waals surface area contributed by atoms with Crippen molar-refractivity contribution in [1.29, 1.82) is 0 Å². The fourth-order valence-corrected chi connectivity index (χ4v) is 3.69. The zero-order valence-corrected chi connectivity index (χ0v) is 17.5. The summed E-state index contributed by atoms with van der Waals surface area (Å²) >= 11 is 0. The highest BCUT2D eigenvalue weighted by atomic mass is 32.2. The largest absolute Gasteiger partial charge is 0.494 e. The molecule has 0 bridgehead atoms. The summed E-state index contributed by atoms with van der Waals surface area (Å²) < 4.78 is 68.0. The summed E-state index contributed by atoms with van der Waals surface area (Å²) in [6.07, 6.45) is -2.39. The van der Waals surface area contributed by atoms with Crippen LogP contribution in [-0.2, 0) is 16.4 Å². The van der Waals surface area contributed by atoms with E-state index in [2.05, 4.69) is 5.10 Å². The molecule has 1 aromatic heterocycles. The van der Waals surface area contributed by atoms with Crippen LogP contribution in [0.25, 0.3) is 22.3 Å². The second kappa shape index (κ2) is 8.54. The van der Waals surface area contributed by atoms with Crippen LogP contribution in [0.3, 0.4) is 0 Å². The maximum Gasteiger partial charge on any atom is 0.408 e. The second-order valence-corrected chi connectivity index (χ2v) is 8.78. The molecule has 0 saturated carbocycles. The van der Waals surface area contributed by atoms with Crippen LogP contribution in [0.5, 0.6) is 5.75 Å². The maximum absolute atomic E-state index is 13.0. The van der Waals surface area contributed by atoms with E-state index in [1.807, 2.05) is 0 Å². The van der Waals surface area contributed by atoms with Gasteiger partial charge in [0.2, 0.25) is 0 Å². The Labute approximate surface area is 176 Å². The molecule has 0 aliphatic carbocycles. The monoisotopic (exact) mass is 452 g/mol. The molecule has 6 nitrogen and oxygen atoms in total. The minimum Gasteiger partial charge on any atom is -0.494 e. The normalized spacial score (nSPS) is 12.0. The summed E-state index contributed by atoms with van der Waals surface area (Å²) in [5.74, 6) is 0.456. The van der Waals surface area contributed by atoms with Crippen LogP contribution in [0, 0.1) is 0 Å². The number of nitrogens with zero attached hydrogens (tertiary/aromatic N) is 2. The van der Waals surface area contributed by atoms with Crippen LogP contribution in [0.15, 0.2) is 64.4 Å². The third kappa shape index (κ3) is 5.32. The Morgan fingerprint density at radius 1 is 1.06 bits per heavy atom. The van der Waals surface area contributed by atoms with Crippen molar-refractivity contribution in [1.82, 2.24) is 9.78 Å². The van der Waals surface area contributed by atoms with Crippen LogP contribution in [0.1, 0.15) is 6.92 Å². The van der Waals surface area contributed by atoms with Gasteiger partial charge in [0.1, 0.15) is 12.3 Å². The SMILES string of the molecule is CCOc1cccc(-c2c(-c3ccc(S(C)(=O)=O)cc3)cnn(CC(F)(F)F)c2=O)c1. The molecule has 0 spiro atoms. The summed E-state index contributed by atoms with van der Waals surface area (Å²) in [6, 6.07) is 12.2. The maximum atomic E-state index is 13.0. The van der Waals surface area contributed by atoms with E-state index < -0.39 is 28.1 Å². The Bertz CT molecular complexity index is 1250. The molecule has 31 heavy (non-hydrogen) atoms. The molecule has 0 radical (unpaired) electrons. The standard InChI is InChI=1S/C21H19F3N2O4S/c1-3-30-16-6-4-5-15(11-16)19-18(12-25-26(20(19)27)13-21(22,23)24)14-7-9-17(10-8-14)31(2,28)29/h4-12H,3,13H2,1-2H3. The van der Waals surface area contributed by atoms with Crippen LogP contribution < -0.4 is 10.3 Å². The van der Waals surface area contributed by atoms with E-state index >= 15 is 0 Å². The van der Waals surface area contributed by atoms with E-state index in [-0.39, 0.29) is 16.0 Å². The van der Waals surface area contributed by atoms with Gasteiger partial charge in [-0.15, -0.1) is 0 Å². The van der Waals surface area contributed by atoms with Gasteiger partial charge in [0.15, 0.2) is 9.84 Å². The fraction of sp³-hybridized carbons (Fsp3) is 0.238. The molecule has 0 aliphatic rings. The molecule has 0 atom stereocenters. The van der Waals surface area contributed by atoms with Crippen molar-refractivity contribution in [3.63, 3.8) is 0 Å². The van der Waals surface area contributed by atoms with Crippen molar-refractivity contribution in [3.8, 4) is 28.0 Å². The van der Waals surface area contributed by atoms with Crippen LogP contribution in [-0.4, -0.2) is 37.2 Å². The molecule has 0 unspecified atom stereocenters. The Balaban J connectivity index is 2.23. The van der Waals surface area contributed by atoms with Crippen molar-refractivity contribution in [2.75, 3.05) is 12.9 Å². The van der Waals surface area contributed by atoms with E-state index in [9.17, 15) is 26.4 Å². The van der Waals surface area contributed by atoms with Gasteiger partial charge in [0, 0.05) is 11.8 Å². The van der Waals surface area contributed by atoms with Gasteiger partial charge in [0.05, 0.1) is 23.3 Å². The zero-order valence-electron chi connectivity index (χ0n) is 16.7. The average Bonchev–Trinajstić information content (AvgIpc) is 2.68. The fourth-order valence-electron chi connectivity index (χ4n) is 3.06. The van der Waals surface area contributed by atoms with Crippen LogP contribution >= 0.6 is 0 Å². The number of sulfone groups is 1. The molecule has 3 aromatic rings. The average molecular weight is 452 g/mol. The number of hydrogen-bond acceptors (Lipinski definition) is 5. The molecule has 0 saturated heterocycles. The molecule has 1 heterocycles. The molecular formula is C21H19F3N2O4S. The predicted octanol–water partition coefficient (Wildman–Crippen LogP) is 3.94. The van der Waals surface area contributed by atoms with E-state index in [0.29, 0.717) is 28.2 Å². The molecule has 2 aromatic carbocycles. The first-order valence-electron chi connectivity index (χ1n) is 9.20. The molecule has 0 aliphatic heterocycles. The molecule has 10 heteroatoms. The molecule has 0 amide bonds. The number of benzene rings is 2. The second-order valence-electron chi connectivity index (χ2n) is 6.77. The van der Waals surface area contributed by atoms with E-state index in [0.717, 1.165) is 6.26 Å². The lowest BCUT2D eigenvalue weighted by Crippen LogP contribution is -2.31. The highest BCUT2D eigenvalue weighted by molar-refractivity contribution is 7.90. The summed E-state index contributed by atoms with van der Waals surface area (Å²) in [5, 5.41) is 3.69. The Hall–Kier alpha value is -3.14. The summed E-state index contributed by atoms with van der Waals surface area (Å²) in [6.45, 7) is 0.624. The van der Waals surface area contributed by atoms with Gasteiger partial charge >= 0.3 is 6.18 Å². The number of hydrogen-bond donors (Lipinski definition) is 0. The lowest BCUT2D eigenvalue weighted by Gasteiger charge is -2.15. The topological polar surface area (TPSA) is 78.3 Å². The third-order valence-corrected chi connectivity index (χ3v) is 5.53. The lowest BCUT2D eigenvalue weighted by molar-refractivity contribution is -0.143. The molecule has 0 N–H and O–H groups in total. The van der Waals surface area contributed by atoms with E-state index in [4.69, 9.17) is 4.74 Å². The minimum atomic E-state index is -4.63. The third-order valence-electron chi connectivity index (χ3n) is 4.40. The van der Waals surface area contributed by atoms with Gasteiger partial charge in [-0.2, -0.15) is 18.3 Å². The Kier molecular flexibility index (Phi) is 6.21. The lowest BCUT2D eigenvalue weighted by atomic mass is 9.97. The number of rotatable bonds is 6. The number of aromatic nitrogens is 2. The van der Waals surface area contributed by atoms with Crippen LogP contribution in [0.2, 0.25) is 0 Å². The van der Waals surface area contributed by atoms with Crippen LogP contribution in [0.4, 0.5) is 13.2 Å². The molecule has 0 fully saturated rings. The van der Waals surface area contributed by atoms with Crippen molar-refractivity contribution in [2.24, 2.45) is 0 Å². The van der Waals surface area contributed by atoms with Crippen molar-refractivity contribution in [2.45, 2.75) is 24.5 Å². The highest BCUT2D eigenvalue weighted by Gasteiger charge is 2.30. The molecule has 164 valence electrons. The highest BCUT2D eigenvalue weighted by Crippen LogP contribution is 2.31. The quantitative estimate of drug-likeness (QED) is 0.566. The summed E-state index contributed by atoms with van der Waals surface area (Å²) in [4.78, 5) is 13.1. The Morgan fingerprint density at radius 2 is 1.74 bits per heavy atom. The van der Waals surface area contributed by atoms with E-state index in [1.54, 1.807) is 31.2 Å². The number of ether oxygens (including phenoxy) is 1. The smallest absolute Gasteiger partial charge is 0.408 e. The predicted molar refractivity (Wildman–Crippen MR) is 110 cm³/mol. The number of halogens is 3.